The summed E-state index contributed by atoms with van der Waals surface area (Å²) >= 11 is 0. The van der Waals surface area contributed by atoms with Crippen molar-refractivity contribution in [2.75, 3.05) is 45.6 Å². The van der Waals surface area contributed by atoms with Crippen molar-refractivity contribution in [3.8, 4) is 18.1 Å². The van der Waals surface area contributed by atoms with E-state index in [1.807, 2.05) is 37.2 Å². The molecule has 0 radical (unpaired) electrons. The van der Waals surface area contributed by atoms with Crippen molar-refractivity contribution in [3.05, 3.63) is 95.0 Å². The fourth-order valence-electron chi connectivity index (χ4n) is 4.91. The van der Waals surface area contributed by atoms with Crippen LogP contribution in [0.25, 0.3) is 0 Å². The molecule has 2 aromatic heterocycles. The molecule has 1 saturated carbocycles. The third-order valence-corrected chi connectivity index (χ3v) is 7.74. The molecule has 1 aromatic carbocycles. The van der Waals surface area contributed by atoms with Crippen LogP contribution in [0.1, 0.15) is 68.0 Å². The number of aromatic nitrogens is 2. The van der Waals surface area contributed by atoms with Crippen molar-refractivity contribution >= 4 is 23.5 Å². The maximum absolute atomic E-state index is 13.3. The van der Waals surface area contributed by atoms with Gasteiger partial charge in [0.05, 0.1) is 17.8 Å². The molecule has 234 valence electrons. The number of carbonyl (C=O) groups excluding carboxylic acids is 3. The zero-order valence-corrected chi connectivity index (χ0v) is 26.3. The fourth-order valence-corrected chi connectivity index (χ4v) is 4.91. The number of nitrogens with zero attached hydrogens (tertiary/aromatic N) is 4. The van der Waals surface area contributed by atoms with E-state index in [1.54, 1.807) is 36.2 Å². The van der Waals surface area contributed by atoms with Gasteiger partial charge in [0.1, 0.15) is 11.6 Å². The quantitative estimate of drug-likeness (QED) is 0.207. The molecule has 0 saturated heterocycles. The average Bonchev–Trinajstić information content (AvgIpc) is 3.89. The van der Waals surface area contributed by atoms with Gasteiger partial charge in [-0.2, -0.15) is 0 Å². The van der Waals surface area contributed by atoms with Gasteiger partial charge >= 0.3 is 0 Å². The zero-order valence-electron chi connectivity index (χ0n) is 26.3. The molecule has 3 amide bonds. The van der Waals surface area contributed by atoms with Crippen LogP contribution in [0.2, 0.25) is 0 Å². The number of ether oxygens (including phenoxy) is 1. The lowest BCUT2D eigenvalue weighted by Gasteiger charge is -2.28. The summed E-state index contributed by atoms with van der Waals surface area (Å²) in [5, 5.41) is 5.50. The maximum Gasteiger partial charge on any atom is 0.257 e. The maximum atomic E-state index is 13.3. The second-order valence-electron chi connectivity index (χ2n) is 11.2. The molecule has 10 nitrogen and oxygen atoms in total. The number of carbonyl (C=O) groups is 3. The van der Waals surface area contributed by atoms with Gasteiger partial charge in [-0.1, -0.05) is 24.6 Å². The van der Waals surface area contributed by atoms with E-state index in [1.165, 1.54) is 18.7 Å². The largest absolute Gasteiger partial charge is 0.482 e. The van der Waals surface area contributed by atoms with Gasteiger partial charge in [-0.25, -0.2) is 4.98 Å². The van der Waals surface area contributed by atoms with E-state index < -0.39 is 12.0 Å². The second-order valence-corrected chi connectivity index (χ2v) is 11.2. The molecule has 0 unspecified atom stereocenters. The molecule has 0 bridgehead atoms. The van der Waals surface area contributed by atoms with Gasteiger partial charge < -0.3 is 25.2 Å². The van der Waals surface area contributed by atoms with Crippen LogP contribution < -0.4 is 15.4 Å². The summed E-state index contributed by atoms with van der Waals surface area (Å²) in [6, 6.07) is 10.9. The van der Waals surface area contributed by atoms with Crippen molar-refractivity contribution in [2.24, 2.45) is 0 Å². The summed E-state index contributed by atoms with van der Waals surface area (Å²) in [6.45, 7) is 8.70. The molecule has 1 fully saturated rings. The van der Waals surface area contributed by atoms with E-state index in [9.17, 15) is 14.4 Å². The zero-order chi connectivity index (χ0) is 32.5. The molecular weight excluding hydrogens is 568 g/mol. The number of pyridine rings is 2. The summed E-state index contributed by atoms with van der Waals surface area (Å²) in [6.07, 6.45) is 12.0. The van der Waals surface area contributed by atoms with Crippen molar-refractivity contribution in [2.45, 2.75) is 38.7 Å². The van der Waals surface area contributed by atoms with Gasteiger partial charge in [-0.05, 0) is 86.7 Å². The van der Waals surface area contributed by atoms with Crippen LogP contribution in [0.15, 0.2) is 61.4 Å². The summed E-state index contributed by atoms with van der Waals surface area (Å²) in [5.74, 6) is 2.81. The average molecular weight is 609 g/mol. The number of nitrogens with one attached hydrogen (secondary N) is 2. The number of aryl methyl sites for hydroxylation is 2. The molecule has 45 heavy (non-hydrogen) atoms. The molecular formula is C35H40N6O4. The van der Waals surface area contributed by atoms with Crippen LogP contribution in [0.4, 0.5) is 5.82 Å². The third-order valence-electron chi connectivity index (χ3n) is 7.74. The number of likely N-dealkylation sites (N-methyl/N-ethyl adjacent to an activating group) is 1. The lowest BCUT2D eigenvalue weighted by Crippen LogP contribution is -2.38. The predicted molar refractivity (Wildman–Crippen MR) is 174 cm³/mol. The molecule has 3 aromatic rings. The SMILES string of the molecule is C#CCN(CCN(C)C[C@@H](Oc1cc(C)c(C(=O)Nc2ncccc2C)cc1C(=O)NC)c1ccc(C2CC2)cn1)C(=O)C=C. The third kappa shape index (κ3) is 8.55. The van der Waals surface area contributed by atoms with Crippen LogP contribution in [0.3, 0.4) is 0 Å². The number of amides is 3. The molecule has 4 rings (SSSR count). The summed E-state index contributed by atoms with van der Waals surface area (Å²) in [7, 11) is 3.44. The lowest BCUT2D eigenvalue weighted by atomic mass is 10.0. The monoisotopic (exact) mass is 608 g/mol. The Morgan fingerprint density at radius 3 is 2.51 bits per heavy atom. The Bertz CT molecular complexity index is 1590. The van der Waals surface area contributed by atoms with Gasteiger partial charge in [0.15, 0.2) is 6.10 Å². The first-order valence-corrected chi connectivity index (χ1v) is 14.9. The van der Waals surface area contributed by atoms with Crippen LogP contribution in [-0.4, -0.2) is 77.8 Å². The van der Waals surface area contributed by atoms with E-state index in [-0.39, 0.29) is 23.9 Å². The highest BCUT2D eigenvalue weighted by atomic mass is 16.5. The highest BCUT2D eigenvalue weighted by molar-refractivity contribution is 6.07. The highest BCUT2D eigenvalue weighted by Gasteiger charge is 2.27. The van der Waals surface area contributed by atoms with E-state index in [0.717, 1.165) is 18.4 Å². The number of rotatable bonds is 14. The van der Waals surface area contributed by atoms with Crippen LogP contribution in [0, 0.1) is 26.2 Å². The van der Waals surface area contributed by atoms with Crippen LogP contribution in [-0.2, 0) is 4.79 Å². The predicted octanol–water partition coefficient (Wildman–Crippen LogP) is 4.28. The number of anilines is 1. The molecule has 2 heterocycles. The van der Waals surface area contributed by atoms with E-state index in [4.69, 9.17) is 16.1 Å². The standard InChI is InChI=1S/C35H40N6O4/c1-7-16-41(32(42)8-2)18-17-40(6)22-31(29-14-13-26(21-38-29)25-11-12-25)45-30-19-24(4)27(20-28(30)34(43)36-5)35(44)39-33-23(3)10-9-15-37-33/h1,8-10,13-15,19-21,25,31H,2,11-12,16-18,22H2,3-6H3,(H,36,43)(H,37,39,44)/t31-/m1/s1. The molecule has 10 heteroatoms. The Hall–Kier alpha value is -5.01. The first kappa shape index (κ1) is 32.9. The lowest BCUT2D eigenvalue weighted by molar-refractivity contribution is -0.125. The minimum Gasteiger partial charge on any atom is -0.482 e. The Labute approximate surface area is 264 Å². The topological polar surface area (TPSA) is 117 Å². The van der Waals surface area contributed by atoms with E-state index in [2.05, 4.69) is 34.2 Å². The number of hydrogen-bond acceptors (Lipinski definition) is 7. The first-order valence-electron chi connectivity index (χ1n) is 14.9. The number of hydrogen-bond donors (Lipinski definition) is 2. The minimum atomic E-state index is -0.571. The summed E-state index contributed by atoms with van der Waals surface area (Å²) < 4.78 is 6.58. The highest BCUT2D eigenvalue weighted by Crippen LogP contribution is 2.40. The minimum absolute atomic E-state index is 0.178. The summed E-state index contributed by atoms with van der Waals surface area (Å²) in [4.78, 5) is 51.2. The van der Waals surface area contributed by atoms with Crippen LogP contribution in [0.5, 0.6) is 5.75 Å². The normalized spacial score (nSPS) is 13.0. The van der Waals surface area contributed by atoms with Gasteiger partial charge in [0.2, 0.25) is 5.91 Å². The number of benzene rings is 1. The van der Waals surface area contributed by atoms with Crippen LogP contribution >= 0.6 is 0 Å². The fraction of sp³-hybridized carbons (Fsp3) is 0.343. The molecule has 0 aliphatic heterocycles. The molecule has 1 aliphatic rings. The Morgan fingerprint density at radius 1 is 1.11 bits per heavy atom. The van der Waals surface area contributed by atoms with Crippen molar-refractivity contribution in [3.63, 3.8) is 0 Å². The van der Waals surface area contributed by atoms with Crippen molar-refractivity contribution < 1.29 is 19.1 Å². The van der Waals surface area contributed by atoms with Crippen molar-refractivity contribution in [1.82, 2.24) is 25.1 Å². The van der Waals surface area contributed by atoms with Crippen molar-refractivity contribution in [1.29, 1.82) is 0 Å². The molecule has 0 spiro atoms. The summed E-state index contributed by atoms with van der Waals surface area (Å²) in [5.41, 5.74) is 3.87. The Balaban J connectivity index is 1.62. The second kappa shape index (κ2) is 15.1. The molecule has 1 aliphatic carbocycles. The number of terminal acetylenes is 1. The smallest absolute Gasteiger partial charge is 0.257 e. The first-order chi connectivity index (χ1) is 21.6. The Kier molecular flexibility index (Phi) is 11.1. The van der Waals surface area contributed by atoms with Gasteiger partial charge in [-0.3, -0.25) is 19.4 Å². The molecule has 1 atom stereocenters. The van der Waals surface area contributed by atoms with Gasteiger partial charge in [0.25, 0.3) is 11.8 Å². The Morgan fingerprint density at radius 2 is 1.89 bits per heavy atom. The van der Waals surface area contributed by atoms with E-state index in [0.29, 0.717) is 53.9 Å². The molecule has 2 N–H and O–H groups in total. The van der Waals surface area contributed by atoms with Gasteiger partial charge in [0, 0.05) is 44.6 Å². The van der Waals surface area contributed by atoms with Gasteiger partial charge in [-0.15, -0.1) is 6.42 Å². The van der Waals surface area contributed by atoms with E-state index >= 15 is 0 Å².